The van der Waals surface area contributed by atoms with E-state index in [9.17, 15) is 9.59 Å². The molecule has 0 spiro atoms. The van der Waals surface area contributed by atoms with Gasteiger partial charge >= 0.3 is 11.8 Å². The van der Waals surface area contributed by atoms with Gasteiger partial charge in [0.15, 0.2) is 0 Å². The van der Waals surface area contributed by atoms with Crippen molar-refractivity contribution in [3.05, 3.63) is 35.9 Å². The van der Waals surface area contributed by atoms with Crippen molar-refractivity contribution in [1.82, 2.24) is 10.6 Å². The van der Waals surface area contributed by atoms with Crippen LogP contribution in [0.15, 0.2) is 30.3 Å². The Balaban J connectivity index is 2.53. The van der Waals surface area contributed by atoms with Crippen LogP contribution in [0.2, 0.25) is 0 Å². The second kappa shape index (κ2) is 7.53. The van der Waals surface area contributed by atoms with Gasteiger partial charge < -0.3 is 15.7 Å². The van der Waals surface area contributed by atoms with Gasteiger partial charge in [0.2, 0.25) is 0 Å². The summed E-state index contributed by atoms with van der Waals surface area (Å²) in [4.78, 5) is 23.3. The van der Waals surface area contributed by atoms with E-state index in [0.29, 0.717) is 6.42 Å². The first kappa shape index (κ1) is 15.2. The first-order valence-electron chi connectivity index (χ1n) is 6.35. The first-order chi connectivity index (χ1) is 9.08. The molecule has 0 aliphatic rings. The molecule has 2 unspecified atom stereocenters. The minimum atomic E-state index is -0.719. The summed E-state index contributed by atoms with van der Waals surface area (Å²) < 4.78 is 0. The van der Waals surface area contributed by atoms with Crippen LogP contribution in [0.1, 0.15) is 31.9 Å². The molecule has 0 saturated carbocycles. The van der Waals surface area contributed by atoms with Crippen LogP contribution in [0.3, 0.4) is 0 Å². The standard InChI is InChI=1S/C14H20N2O3/c1-3-12(9-17)16-14(19)13(18)15-10(2)11-7-5-4-6-8-11/h4-8,10,12,17H,3,9H2,1-2H3,(H,15,18)(H,16,19). The third kappa shape index (κ3) is 4.71. The maximum Gasteiger partial charge on any atom is 0.309 e. The molecule has 1 rings (SSSR count). The predicted octanol–water partition coefficient (Wildman–Crippen LogP) is 0.751. The van der Waals surface area contributed by atoms with E-state index in [0.717, 1.165) is 5.56 Å². The Morgan fingerprint density at radius 2 is 1.74 bits per heavy atom. The van der Waals surface area contributed by atoms with Crippen LogP contribution in [0, 0.1) is 0 Å². The normalized spacial score (nSPS) is 13.4. The summed E-state index contributed by atoms with van der Waals surface area (Å²) in [5.41, 5.74) is 0.929. The van der Waals surface area contributed by atoms with Gasteiger partial charge in [0, 0.05) is 0 Å². The number of aliphatic hydroxyl groups excluding tert-OH is 1. The van der Waals surface area contributed by atoms with Crippen molar-refractivity contribution in [1.29, 1.82) is 0 Å². The van der Waals surface area contributed by atoms with E-state index in [1.165, 1.54) is 0 Å². The molecule has 0 bridgehead atoms. The zero-order chi connectivity index (χ0) is 14.3. The third-order valence-electron chi connectivity index (χ3n) is 2.90. The Hall–Kier alpha value is -1.88. The average molecular weight is 264 g/mol. The molecule has 19 heavy (non-hydrogen) atoms. The van der Waals surface area contributed by atoms with E-state index in [1.54, 1.807) is 0 Å². The summed E-state index contributed by atoms with van der Waals surface area (Å²) >= 11 is 0. The topological polar surface area (TPSA) is 78.4 Å². The molecule has 0 aliphatic carbocycles. The van der Waals surface area contributed by atoms with Gasteiger partial charge in [-0.25, -0.2) is 0 Å². The van der Waals surface area contributed by atoms with Gasteiger partial charge in [-0.05, 0) is 18.9 Å². The summed E-state index contributed by atoms with van der Waals surface area (Å²) in [7, 11) is 0. The van der Waals surface area contributed by atoms with E-state index in [2.05, 4.69) is 10.6 Å². The van der Waals surface area contributed by atoms with E-state index in [4.69, 9.17) is 5.11 Å². The molecule has 5 heteroatoms. The lowest BCUT2D eigenvalue weighted by Crippen LogP contribution is -2.46. The number of hydrogen-bond donors (Lipinski definition) is 3. The summed E-state index contributed by atoms with van der Waals surface area (Å²) in [6.07, 6.45) is 0.573. The Morgan fingerprint density at radius 1 is 1.16 bits per heavy atom. The van der Waals surface area contributed by atoms with Crippen molar-refractivity contribution >= 4 is 11.8 Å². The summed E-state index contributed by atoms with van der Waals surface area (Å²) in [6, 6.07) is 8.77. The smallest absolute Gasteiger partial charge is 0.309 e. The van der Waals surface area contributed by atoms with Crippen LogP contribution >= 0.6 is 0 Å². The van der Waals surface area contributed by atoms with Crippen LogP contribution < -0.4 is 10.6 Å². The average Bonchev–Trinajstić information content (AvgIpc) is 2.45. The van der Waals surface area contributed by atoms with Crippen molar-refractivity contribution in [2.75, 3.05) is 6.61 Å². The molecule has 1 aromatic carbocycles. The molecule has 0 aromatic heterocycles. The van der Waals surface area contributed by atoms with E-state index in [-0.39, 0.29) is 18.7 Å². The van der Waals surface area contributed by atoms with E-state index in [1.807, 2.05) is 44.2 Å². The fourth-order valence-corrected chi connectivity index (χ4v) is 1.61. The SMILES string of the molecule is CCC(CO)NC(=O)C(=O)NC(C)c1ccccc1. The van der Waals surface area contributed by atoms with Gasteiger partial charge in [0.05, 0.1) is 18.7 Å². The van der Waals surface area contributed by atoms with Crippen LogP contribution in [-0.2, 0) is 9.59 Å². The molecule has 5 nitrogen and oxygen atoms in total. The quantitative estimate of drug-likeness (QED) is 0.687. The number of hydrogen-bond acceptors (Lipinski definition) is 3. The maximum atomic E-state index is 11.7. The maximum absolute atomic E-state index is 11.7. The molecule has 2 atom stereocenters. The number of carbonyl (C=O) groups is 2. The minimum Gasteiger partial charge on any atom is -0.394 e. The highest BCUT2D eigenvalue weighted by molar-refractivity contribution is 6.35. The molecule has 0 fully saturated rings. The molecule has 0 saturated heterocycles. The lowest BCUT2D eigenvalue weighted by molar-refractivity contribution is -0.140. The van der Waals surface area contributed by atoms with Crippen molar-refractivity contribution < 1.29 is 14.7 Å². The van der Waals surface area contributed by atoms with Gasteiger partial charge in [-0.1, -0.05) is 37.3 Å². The Bertz CT molecular complexity index is 416. The Morgan fingerprint density at radius 3 is 2.26 bits per heavy atom. The molecule has 3 N–H and O–H groups in total. The van der Waals surface area contributed by atoms with Crippen molar-refractivity contribution in [2.45, 2.75) is 32.4 Å². The molecule has 0 heterocycles. The van der Waals surface area contributed by atoms with Gasteiger partial charge in [-0.15, -0.1) is 0 Å². The zero-order valence-electron chi connectivity index (χ0n) is 11.2. The van der Waals surface area contributed by atoms with Gasteiger partial charge in [0.25, 0.3) is 0 Å². The number of rotatable bonds is 5. The fourth-order valence-electron chi connectivity index (χ4n) is 1.61. The number of carbonyl (C=O) groups excluding carboxylic acids is 2. The van der Waals surface area contributed by atoms with Crippen molar-refractivity contribution in [2.24, 2.45) is 0 Å². The van der Waals surface area contributed by atoms with Crippen LogP contribution in [-0.4, -0.2) is 29.6 Å². The summed E-state index contributed by atoms with van der Waals surface area (Å²) in [6.45, 7) is 3.46. The number of nitrogens with one attached hydrogen (secondary N) is 2. The zero-order valence-corrected chi connectivity index (χ0v) is 11.2. The highest BCUT2D eigenvalue weighted by Gasteiger charge is 2.19. The molecule has 2 amide bonds. The first-order valence-corrected chi connectivity index (χ1v) is 6.35. The molecule has 0 aliphatic heterocycles. The van der Waals surface area contributed by atoms with Crippen LogP contribution in [0.4, 0.5) is 0 Å². The van der Waals surface area contributed by atoms with E-state index < -0.39 is 11.8 Å². The number of amides is 2. The van der Waals surface area contributed by atoms with Gasteiger partial charge in [-0.2, -0.15) is 0 Å². The highest BCUT2D eigenvalue weighted by Crippen LogP contribution is 2.10. The Kier molecular flexibility index (Phi) is 6.02. The van der Waals surface area contributed by atoms with Gasteiger partial charge in [-0.3, -0.25) is 9.59 Å². The second-order valence-electron chi connectivity index (χ2n) is 4.37. The van der Waals surface area contributed by atoms with Crippen LogP contribution in [0.5, 0.6) is 0 Å². The largest absolute Gasteiger partial charge is 0.394 e. The third-order valence-corrected chi connectivity index (χ3v) is 2.90. The summed E-state index contributed by atoms with van der Waals surface area (Å²) in [5, 5.41) is 14.1. The molecular formula is C14H20N2O3. The molecule has 104 valence electrons. The Labute approximate surface area is 113 Å². The lowest BCUT2D eigenvalue weighted by atomic mass is 10.1. The summed E-state index contributed by atoms with van der Waals surface area (Å²) in [5.74, 6) is -1.41. The van der Waals surface area contributed by atoms with Gasteiger partial charge in [0.1, 0.15) is 0 Å². The highest BCUT2D eigenvalue weighted by atomic mass is 16.3. The molecule has 0 radical (unpaired) electrons. The van der Waals surface area contributed by atoms with Crippen molar-refractivity contribution in [3.8, 4) is 0 Å². The number of benzene rings is 1. The lowest BCUT2D eigenvalue weighted by Gasteiger charge is -2.16. The monoisotopic (exact) mass is 264 g/mol. The second-order valence-corrected chi connectivity index (χ2v) is 4.37. The van der Waals surface area contributed by atoms with Crippen molar-refractivity contribution in [3.63, 3.8) is 0 Å². The number of aliphatic hydroxyl groups is 1. The predicted molar refractivity (Wildman–Crippen MR) is 72.3 cm³/mol. The fraction of sp³-hybridized carbons (Fsp3) is 0.429. The molecular weight excluding hydrogens is 244 g/mol. The van der Waals surface area contributed by atoms with E-state index >= 15 is 0 Å². The van der Waals surface area contributed by atoms with Crippen LogP contribution in [0.25, 0.3) is 0 Å². The molecule has 1 aromatic rings. The minimum absolute atomic E-state index is 0.177.